The van der Waals surface area contributed by atoms with Crippen molar-refractivity contribution in [3.05, 3.63) is 11.6 Å². The molecule has 2 nitrogen and oxygen atoms in total. The number of aromatic nitrogens is 1. The molecule has 1 heterocycles. The molecule has 0 N–H and O–H groups in total. The largest absolute Gasteiger partial charge is 0.298 e. The Morgan fingerprint density at radius 2 is 1.89 bits per heavy atom. The Hall–Kier alpha value is -0.350. The second-order valence-corrected chi connectivity index (χ2v) is 8.82. The first kappa shape index (κ1) is 12.4. The van der Waals surface area contributed by atoms with Crippen molar-refractivity contribution in [1.82, 2.24) is 4.98 Å². The summed E-state index contributed by atoms with van der Waals surface area (Å²) in [5, 5.41) is 1.98. The molecular formula is C15H19NOS2. The molecule has 4 saturated carbocycles. The fraction of sp³-hybridized carbons (Fsp3) is 0.733. The van der Waals surface area contributed by atoms with Crippen LogP contribution in [0.3, 0.4) is 0 Å². The molecule has 4 aliphatic carbocycles. The van der Waals surface area contributed by atoms with Crippen LogP contribution in [-0.4, -0.2) is 16.5 Å². The van der Waals surface area contributed by atoms with Gasteiger partial charge in [0, 0.05) is 17.0 Å². The third kappa shape index (κ3) is 2.17. The maximum Gasteiger partial charge on any atom is 0.150 e. The van der Waals surface area contributed by atoms with Gasteiger partial charge in [-0.25, -0.2) is 4.98 Å². The summed E-state index contributed by atoms with van der Waals surface area (Å²) >= 11 is 3.28. The Labute approximate surface area is 122 Å². The Morgan fingerprint density at radius 1 is 1.26 bits per heavy atom. The first-order chi connectivity index (χ1) is 9.23. The standard InChI is InChI=1S/C15H19NOS2/c17-13(9-19-14-16-1-2-18-14)15-6-10-3-11(7-15)5-12(4-10)8-15/h1-2,10-12H,3-9H2. The maximum atomic E-state index is 12.7. The van der Waals surface area contributed by atoms with Gasteiger partial charge in [0.15, 0.2) is 0 Å². The zero-order valence-electron chi connectivity index (χ0n) is 11.0. The van der Waals surface area contributed by atoms with E-state index in [-0.39, 0.29) is 5.41 Å². The van der Waals surface area contributed by atoms with Crippen LogP contribution in [0, 0.1) is 23.2 Å². The Bertz CT molecular complexity index is 447. The number of carbonyl (C=O) groups is 1. The van der Waals surface area contributed by atoms with Gasteiger partial charge in [0.1, 0.15) is 10.1 Å². The molecule has 5 rings (SSSR count). The number of hydrogen-bond acceptors (Lipinski definition) is 4. The van der Waals surface area contributed by atoms with E-state index in [1.807, 2.05) is 11.6 Å². The summed E-state index contributed by atoms with van der Waals surface area (Å²) in [6.45, 7) is 0. The van der Waals surface area contributed by atoms with Gasteiger partial charge in [-0.05, 0) is 56.3 Å². The minimum Gasteiger partial charge on any atom is -0.298 e. The summed E-state index contributed by atoms with van der Waals surface area (Å²) in [7, 11) is 0. The summed E-state index contributed by atoms with van der Waals surface area (Å²) in [6.07, 6.45) is 9.62. The average Bonchev–Trinajstić information content (AvgIpc) is 2.87. The van der Waals surface area contributed by atoms with Gasteiger partial charge in [-0.1, -0.05) is 11.8 Å². The number of thioether (sulfide) groups is 1. The molecule has 19 heavy (non-hydrogen) atoms. The summed E-state index contributed by atoms with van der Waals surface area (Å²) in [5.41, 5.74) is 0.0685. The van der Waals surface area contributed by atoms with Crippen LogP contribution in [-0.2, 0) is 4.79 Å². The second kappa shape index (κ2) is 4.59. The zero-order chi connectivity index (χ0) is 12.9. The molecule has 4 fully saturated rings. The van der Waals surface area contributed by atoms with E-state index in [4.69, 9.17) is 0 Å². The molecule has 0 amide bonds. The molecule has 0 atom stereocenters. The molecule has 0 spiro atoms. The highest BCUT2D eigenvalue weighted by atomic mass is 32.2. The monoisotopic (exact) mass is 293 g/mol. The molecule has 0 aliphatic heterocycles. The van der Waals surface area contributed by atoms with Crippen molar-refractivity contribution in [2.75, 3.05) is 5.75 Å². The van der Waals surface area contributed by atoms with Crippen LogP contribution in [0.25, 0.3) is 0 Å². The van der Waals surface area contributed by atoms with Crippen molar-refractivity contribution < 1.29 is 4.79 Å². The van der Waals surface area contributed by atoms with Gasteiger partial charge >= 0.3 is 0 Å². The van der Waals surface area contributed by atoms with Crippen LogP contribution < -0.4 is 0 Å². The van der Waals surface area contributed by atoms with E-state index >= 15 is 0 Å². The fourth-order valence-corrected chi connectivity index (χ4v) is 6.69. The highest BCUT2D eigenvalue weighted by Gasteiger charge is 2.53. The summed E-state index contributed by atoms with van der Waals surface area (Å²) in [5.74, 6) is 3.74. The van der Waals surface area contributed by atoms with Crippen molar-refractivity contribution in [2.24, 2.45) is 23.2 Å². The Morgan fingerprint density at radius 3 is 2.42 bits per heavy atom. The minimum absolute atomic E-state index is 0.0685. The molecule has 0 aromatic carbocycles. The van der Waals surface area contributed by atoms with Crippen LogP contribution in [0.2, 0.25) is 0 Å². The topological polar surface area (TPSA) is 30.0 Å². The molecule has 1 aromatic heterocycles. The number of nitrogens with zero attached hydrogens (tertiary/aromatic N) is 1. The molecule has 0 saturated heterocycles. The van der Waals surface area contributed by atoms with E-state index in [1.165, 1.54) is 38.5 Å². The van der Waals surface area contributed by atoms with E-state index in [9.17, 15) is 4.79 Å². The molecule has 4 aliphatic rings. The lowest BCUT2D eigenvalue weighted by Crippen LogP contribution is -2.50. The zero-order valence-corrected chi connectivity index (χ0v) is 12.6. The number of rotatable bonds is 4. The predicted octanol–water partition coefficient (Wildman–Crippen LogP) is 4.02. The van der Waals surface area contributed by atoms with Crippen LogP contribution in [0.4, 0.5) is 0 Å². The van der Waals surface area contributed by atoms with Crippen molar-refractivity contribution in [1.29, 1.82) is 0 Å². The van der Waals surface area contributed by atoms with Gasteiger partial charge < -0.3 is 0 Å². The van der Waals surface area contributed by atoms with Crippen LogP contribution in [0.1, 0.15) is 38.5 Å². The number of thiazole rings is 1. The lowest BCUT2D eigenvalue weighted by Gasteiger charge is -2.56. The first-order valence-corrected chi connectivity index (χ1v) is 9.16. The first-order valence-electron chi connectivity index (χ1n) is 7.29. The third-order valence-electron chi connectivity index (χ3n) is 5.37. The average molecular weight is 293 g/mol. The van der Waals surface area contributed by atoms with Crippen LogP contribution in [0.5, 0.6) is 0 Å². The predicted molar refractivity (Wildman–Crippen MR) is 78.5 cm³/mol. The smallest absolute Gasteiger partial charge is 0.150 e. The number of hydrogen-bond donors (Lipinski definition) is 0. The van der Waals surface area contributed by atoms with E-state index in [2.05, 4.69) is 4.98 Å². The maximum absolute atomic E-state index is 12.7. The molecule has 4 heteroatoms. The minimum atomic E-state index is 0.0685. The third-order valence-corrected chi connectivity index (χ3v) is 7.33. The Balaban J connectivity index is 1.47. The van der Waals surface area contributed by atoms with Crippen molar-refractivity contribution >= 4 is 28.9 Å². The quantitative estimate of drug-likeness (QED) is 0.785. The normalized spacial score (nSPS) is 39.7. The van der Waals surface area contributed by atoms with Gasteiger partial charge in [0.25, 0.3) is 0 Å². The SMILES string of the molecule is O=C(CSc1nccs1)C12CC3CC(CC(C3)C1)C2. The lowest BCUT2D eigenvalue weighted by atomic mass is 9.48. The van der Waals surface area contributed by atoms with Crippen LogP contribution >= 0.6 is 23.1 Å². The van der Waals surface area contributed by atoms with Gasteiger partial charge in [0.05, 0.1) is 5.75 Å². The van der Waals surface area contributed by atoms with Gasteiger partial charge in [0.2, 0.25) is 0 Å². The van der Waals surface area contributed by atoms with Crippen molar-refractivity contribution in [2.45, 2.75) is 42.9 Å². The molecule has 1 aromatic rings. The number of Topliss-reactive ketones (excluding diaryl/α,β-unsaturated/α-hetero) is 1. The fourth-order valence-electron chi connectivity index (χ4n) is 5.01. The molecular weight excluding hydrogens is 274 g/mol. The highest BCUT2D eigenvalue weighted by Crippen LogP contribution is 2.60. The van der Waals surface area contributed by atoms with Gasteiger partial charge in [-0.2, -0.15) is 0 Å². The van der Waals surface area contributed by atoms with Gasteiger partial charge in [-0.3, -0.25) is 4.79 Å². The van der Waals surface area contributed by atoms with E-state index in [0.29, 0.717) is 11.5 Å². The van der Waals surface area contributed by atoms with Crippen LogP contribution in [0.15, 0.2) is 15.9 Å². The summed E-state index contributed by atoms with van der Waals surface area (Å²) in [4.78, 5) is 17.0. The number of ketones is 1. The molecule has 4 bridgehead atoms. The van der Waals surface area contributed by atoms with Gasteiger partial charge in [-0.15, -0.1) is 11.3 Å². The number of carbonyl (C=O) groups excluding carboxylic acids is 1. The van der Waals surface area contributed by atoms with E-state index < -0.39 is 0 Å². The molecule has 102 valence electrons. The van der Waals surface area contributed by atoms with Crippen molar-refractivity contribution in [3.8, 4) is 0 Å². The summed E-state index contributed by atoms with van der Waals surface area (Å²) < 4.78 is 1.04. The molecule has 0 radical (unpaired) electrons. The van der Waals surface area contributed by atoms with E-state index in [0.717, 1.165) is 22.1 Å². The highest BCUT2D eigenvalue weighted by molar-refractivity contribution is 8.01. The second-order valence-electron chi connectivity index (χ2n) is 6.71. The van der Waals surface area contributed by atoms with Crippen molar-refractivity contribution in [3.63, 3.8) is 0 Å². The lowest BCUT2D eigenvalue weighted by molar-refractivity contribution is -0.141. The van der Waals surface area contributed by atoms with E-state index in [1.54, 1.807) is 23.1 Å². The molecule has 0 unspecified atom stereocenters. The summed E-state index contributed by atoms with van der Waals surface area (Å²) in [6, 6.07) is 0. The Kier molecular flexibility index (Phi) is 2.99.